The van der Waals surface area contributed by atoms with Gasteiger partial charge in [0, 0.05) is 42.7 Å². The van der Waals surface area contributed by atoms with E-state index in [9.17, 15) is 9.90 Å². The quantitative estimate of drug-likeness (QED) is 0.0695. The second kappa shape index (κ2) is 16.0. The number of allylic oxidation sites excluding steroid dienone is 2. The number of nitrogens with zero attached hydrogens (tertiary/aromatic N) is 1. The zero-order chi connectivity index (χ0) is 34.8. The molecule has 1 radical (unpaired) electrons. The largest absolute Gasteiger partial charge is 0.512 e. The number of rotatable bonds is 9. The second-order valence-corrected chi connectivity index (χ2v) is 20.3. The number of thiazole rings is 1. The molecule has 2 heterocycles. The van der Waals surface area contributed by atoms with Gasteiger partial charge in [0.25, 0.3) is 0 Å². The zero-order valence-corrected chi connectivity index (χ0v) is 34.9. The molecule has 0 fully saturated rings. The van der Waals surface area contributed by atoms with E-state index in [0.717, 1.165) is 42.6 Å². The summed E-state index contributed by atoms with van der Waals surface area (Å²) in [5, 5.41) is 16.5. The number of carbonyl (C=O) groups excluding carboxylic acids is 1. The number of ketones is 1. The number of para-hydroxylation sites is 1. The van der Waals surface area contributed by atoms with Gasteiger partial charge in [0.1, 0.15) is 0 Å². The van der Waals surface area contributed by atoms with Crippen LogP contribution in [0, 0.1) is 23.3 Å². The average Bonchev–Trinajstić information content (AvgIpc) is 3.58. The molecule has 0 amide bonds. The smallest absolute Gasteiger partial charge is 0.162 e. The Bertz CT molecular complexity index is 1930. The van der Waals surface area contributed by atoms with E-state index in [-0.39, 0.29) is 48.9 Å². The molecule has 5 aromatic rings. The van der Waals surface area contributed by atoms with Gasteiger partial charge in [-0.05, 0) is 55.2 Å². The Morgan fingerprint density at radius 1 is 0.918 bits per heavy atom. The standard InChI is InChI=1S/C30H28NSSi.C13H24O2.Ir/c1-30(2,3)18-19-14-15-26-22(16-19)27-23(29-31-24-12-8-9-13-25(24)32-29)17-20-10-6-7-11-21(20)28(27)33(26,4)5;1-5-10(6-2)12(14)9-13(15)11(7-3)8-4;/h6-16H,18H2,1-5H3;9-11,14H,5-8H2,1-4H3;/q-1;;/b;12-9-;. The van der Waals surface area contributed by atoms with E-state index in [2.05, 4.69) is 107 Å². The fourth-order valence-electron chi connectivity index (χ4n) is 7.30. The first-order chi connectivity index (χ1) is 22.8. The molecule has 3 nitrogen and oxygen atoms in total. The average molecular weight is 867 g/mol. The zero-order valence-electron chi connectivity index (χ0n) is 30.7. The molecule has 0 bridgehead atoms. The summed E-state index contributed by atoms with van der Waals surface area (Å²) in [6.07, 6.45) is 5.98. The van der Waals surface area contributed by atoms with E-state index in [4.69, 9.17) is 4.98 Å². The van der Waals surface area contributed by atoms with Crippen LogP contribution in [0.2, 0.25) is 13.1 Å². The third kappa shape index (κ3) is 8.20. The Labute approximate surface area is 312 Å². The number of carbonyl (C=O) groups is 1. The Morgan fingerprint density at radius 3 is 2.18 bits per heavy atom. The molecule has 6 heteroatoms. The van der Waals surface area contributed by atoms with Gasteiger partial charge in [-0.25, -0.2) is 0 Å². The van der Waals surface area contributed by atoms with Crippen molar-refractivity contribution in [1.29, 1.82) is 0 Å². The molecular formula is C43H52IrNO2SSi-. The Morgan fingerprint density at radius 2 is 1.55 bits per heavy atom. The number of aromatic nitrogens is 1. The van der Waals surface area contributed by atoms with Crippen molar-refractivity contribution in [3.05, 3.63) is 90.2 Å². The van der Waals surface area contributed by atoms with Crippen molar-refractivity contribution >= 4 is 56.6 Å². The summed E-state index contributed by atoms with van der Waals surface area (Å²) >= 11 is 1.79. The van der Waals surface area contributed by atoms with E-state index in [1.807, 2.05) is 27.7 Å². The van der Waals surface area contributed by atoms with Gasteiger partial charge in [-0.1, -0.05) is 137 Å². The van der Waals surface area contributed by atoms with Crippen LogP contribution in [0.25, 0.3) is 42.7 Å². The van der Waals surface area contributed by atoms with E-state index in [1.54, 1.807) is 21.7 Å². The van der Waals surface area contributed by atoms with Gasteiger partial charge in [-0.15, -0.1) is 22.7 Å². The minimum absolute atomic E-state index is 0. The van der Waals surface area contributed by atoms with Gasteiger partial charge >= 0.3 is 0 Å². The van der Waals surface area contributed by atoms with Crippen molar-refractivity contribution in [3.8, 4) is 21.7 Å². The molecule has 0 saturated carbocycles. The van der Waals surface area contributed by atoms with Gasteiger partial charge < -0.3 is 5.11 Å². The third-order valence-electron chi connectivity index (χ3n) is 9.93. The summed E-state index contributed by atoms with van der Waals surface area (Å²) in [4.78, 5) is 16.8. The summed E-state index contributed by atoms with van der Waals surface area (Å²) in [5.74, 6) is 0.547. The molecular weight excluding hydrogens is 815 g/mol. The van der Waals surface area contributed by atoms with E-state index in [0.29, 0.717) is 0 Å². The molecule has 0 unspecified atom stereocenters. The fraction of sp³-hybridized carbons (Fsp3) is 0.395. The Balaban J connectivity index is 0.000000290. The van der Waals surface area contributed by atoms with Crippen LogP contribution >= 0.6 is 11.3 Å². The number of benzene rings is 4. The molecule has 0 saturated heterocycles. The van der Waals surface area contributed by atoms with Crippen LogP contribution in [0.5, 0.6) is 0 Å². The molecule has 1 aliphatic rings. The molecule has 4 aromatic carbocycles. The summed E-state index contributed by atoms with van der Waals surface area (Å²) < 4.78 is 1.24. The second-order valence-electron chi connectivity index (χ2n) is 15.0. The van der Waals surface area contributed by atoms with Crippen molar-refractivity contribution in [2.75, 3.05) is 0 Å². The predicted molar refractivity (Wildman–Crippen MR) is 211 cm³/mol. The van der Waals surface area contributed by atoms with E-state index < -0.39 is 8.07 Å². The first-order valence-electron chi connectivity index (χ1n) is 17.7. The van der Waals surface area contributed by atoms with Gasteiger partial charge in [-0.2, -0.15) is 11.3 Å². The molecule has 0 spiro atoms. The Hall–Kier alpha value is -2.89. The molecule has 1 aromatic heterocycles. The molecule has 1 aliphatic heterocycles. The number of fused-ring (bicyclic) bond motifs is 6. The summed E-state index contributed by atoms with van der Waals surface area (Å²) in [6.45, 7) is 20.1. The maximum Gasteiger partial charge on any atom is 0.162 e. The normalized spacial score (nSPS) is 13.7. The van der Waals surface area contributed by atoms with Crippen LogP contribution in [0.15, 0.2) is 78.6 Å². The number of hydrogen-bond acceptors (Lipinski definition) is 4. The molecule has 261 valence electrons. The van der Waals surface area contributed by atoms with Gasteiger partial charge in [0.2, 0.25) is 0 Å². The SMILES string of the molecule is CC(C)(C)Cc1ccc2c(c1)-c1c(-c3nc4ccccc4s3)[c-]c3ccccc3c1[Si]2(C)C.CCC(CC)C(=O)/C=C(\O)C(CC)CC.[Ir]. The van der Waals surface area contributed by atoms with Gasteiger partial charge in [0.05, 0.1) is 24.4 Å². The van der Waals surface area contributed by atoms with Crippen molar-refractivity contribution < 1.29 is 30.0 Å². The number of hydrogen-bond donors (Lipinski definition) is 1. The summed E-state index contributed by atoms with van der Waals surface area (Å²) in [6, 6.07) is 28.4. The van der Waals surface area contributed by atoms with Crippen LogP contribution in [-0.2, 0) is 31.3 Å². The van der Waals surface area contributed by atoms with Crippen molar-refractivity contribution in [2.45, 2.75) is 93.7 Å². The van der Waals surface area contributed by atoms with E-state index >= 15 is 0 Å². The molecule has 0 atom stereocenters. The van der Waals surface area contributed by atoms with Crippen LogP contribution in [-0.4, -0.2) is 23.9 Å². The van der Waals surface area contributed by atoms with Crippen LogP contribution in [0.4, 0.5) is 0 Å². The van der Waals surface area contributed by atoms with Gasteiger partial charge in [-0.3, -0.25) is 9.78 Å². The maximum atomic E-state index is 11.7. The topological polar surface area (TPSA) is 50.2 Å². The van der Waals surface area contributed by atoms with Crippen LogP contribution in [0.3, 0.4) is 0 Å². The summed E-state index contributed by atoms with van der Waals surface area (Å²) in [5.41, 5.74) is 6.73. The first kappa shape index (κ1) is 38.9. The predicted octanol–water partition coefficient (Wildman–Crippen LogP) is 11.2. The van der Waals surface area contributed by atoms with Crippen molar-refractivity contribution in [3.63, 3.8) is 0 Å². The third-order valence-corrected chi connectivity index (χ3v) is 14.5. The molecule has 0 aliphatic carbocycles. The van der Waals surface area contributed by atoms with Crippen molar-refractivity contribution in [1.82, 2.24) is 4.98 Å². The minimum atomic E-state index is -1.87. The fourth-order valence-corrected chi connectivity index (χ4v) is 11.7. The van der Waals surface area contributed by atoms with Crippen LogP contribution in [0.1, 0.15) is 79.7 Å². The first-order valence-corrected chi connectivity index (χ1v) is 21.6. The minimum Gasteiger partial charge on any atom is -0.512 e. The van der Waals surface area contributed by atoms with Crippen molar-refractivity contribution in [2.24, 2.45) is 17.3 Å². The monoisotopic (exact) mass is 867 g/mol. The maximum absolute atomic E-state index is 11.7. The molecule has 1 N–H and O–H groups in total. The number of aliphatic hydroxyl groups is 1. The molecule has 6 rings (SSSR count). The number of aliphatic hydroxyl groups excluding tert-OH is 1. The van der Waals surface area contributed by atoms with Crippen LogP contribution < -0.4 is 10.4 Å². The van der Waals surface area contributed by atoms with E-state index in [1.165, 1.54) is 43.8 Å². The molecule has 49 heavy (non-hydrogen) atoms. The summed E-state index contributed by atoms with van der Waals surface area (Å²) in [7, 11) is -1.87. The van der Waals surface area contributed by atoms with Gasteiger partial charge in [0.15, 0.2) is 5.78 Å². The Kier molecular flexibility index (Phi) is 12.7.